The van der Waals surface area contributed by atoms with E-state index in [9.17, 15) is 13.2 Å². The van der Waals surface area contributed by atoms with Gasteiger partial charge >= 0.3 is 0 Å². The van der Waals surface area contributed by atoms with E-state index in [4.69, 9.17) is 23.2 Å². The van der Waals surface area contributed by atoms with Crippen LogP contribution in [0.3, 0.4) is 0 Å². The molecule has 3 aromatic rings. The smallest absolute Gasteiger partial charge is 0.288 e. The fourth-order valence-electron chi connectivity index (χ4n) is 2.58. The summed E-state index contributed by atoms with van der Waals surface area (Å²) in [5.74, 6) is -0.333. The van der Waals surface area contributed by atoms with E-state index in [1.807, 2.05) is 0 Å². The molecule has 0 radical (unpaired) electrons. The van der Waals surface area contributed by atoms with Gasteiger partial charge in [0.1, 0.15) is 0 Å². The largest absolute Gasteiger partial charge is 0.311 e. The lowest BCUT2D eigenvalue weighted by atomic mass is 10.2. The number of hydrogen-bond acceptors (Lipinski definition) is 4. The topological polar surface area (TPSA) is 69.0 Å². The Morgan fingerprint density at radius 3 is 2.07 bits per heavy atom. The Hall–Kier alpha value is -2.15. The van der Waals surface area contributed by atoms with Crippen molar-refractivity contribution in [2.24, 2.45) is 0 Å². The molecule has 0 fully saturated rings. The first-order valence-electron chi connectivity index (χ1n) is 8.15. The Balaban J connectivity index is 2.10. The number of aryl methyl sites for hydroxylation is 1. The average Bonchev–Trinajstić information content (AvgIpc) is 2.64. The maximum Gasteiger partial charge on any atom is 0.288 e. The van der Waals surface area contributed by atoms with E-state index in [2.05, 4.69) is 4.98 Å². The predicted molar refractivity (Wildman–Crippen MR) is 107 cm³/mol. The van der Waals surface area contributed by atoms with Gasteiger partial charge in [0.25, 0.3) is 5.56 Å². The van der Waals surface area contributed by atoms with Crippen LogP contribution >= 0.6 is 23.2 Å². The van der Waals surface area contributed by atoms with Crippen LogP contribution in [-0.4, -0.2) is 18.0 Å². The monoisotopic (exact) mass is 422 g/mol. The van der Waals surface area contributed by atoms with Crippen LogP contribution in [0, 0.1) is 0 Å². The van der Waals surface area contributed by atoms with Gasteiger partial charge in [-0.15, -0.1) is 0 Å². The van der Waals surface area contributed by atoms with E-state index >= 15 is 0 Å². The van der Waals surface area contributed by atoms with Gasteiger partial charge in [0.05, 0.1) is 11.4 Å². The number of benzene rings is 2. The van der Waals surface area contributed by atoms with Crippen LogP contribution in [0.4, 0.5) is 0 Å². The van der Waals surface area contributed by atoms with E-state index in [1.165, 1.54) is 4.57 Å². The molecule has 0 aliphatic carbocycles. The molecule has 27 heavy (non-hydrogen) atoms. The van der Waals surface area contributed by atoms with Gasteiger partial charge in [-0.2, -0.15) is 0 Å². The van der Waals surface area contributed by atoms with Gasteiger partial charge in [0.15, 0.2) is 0 Å². The lowest BCUT2D eigenvalue weighted by Crippen LogP contribution is -2.28. The van der Waals surface area contributed by atoms with Crippen LogP contribution in [-0.2, 0) is 22.1 Å². The van der Waals surface area contributed by atoms with Gasteiger partial charge in [-0.25, -0.2) is 13.4 Å². The molecule has 2 aromatic carbocycles. The van der Waals surface area contributed by atoms with Crippen molar-refractivity contribution in [3.05, 3.63) is 80.7 Å². The number of nitrogens with zero attached hydrogens (tertiary/aromatic N) is 2. The number of rotatable bonds is 5. The molecule has 0 spiro atoms. The van der Waals surface area contributed by atoms with Crippen LogP contribution in [0.2, 0.25) is 10.0 Å². The second-order valence-corrected chi connectivity index (χ2v) is 8.69. The molecule has 140 valence electrons. The lowest BCUT2D eigenvalue weighted by Gasteiger charge is -2.10. The normalized spacial score (nSPS) is 11.5. The van der Waals surface area contributed by atoms with Crippen molar-refractivity contribution in [3.8, 4) is 11.3 Å². The summed E-state index contributed by atoms with van der Waals surface area (Å²) < 4.78 is 27.1. The predicted octanol–water partition coefficient (Wildman–Crippen LogP) is 4.21. The highest BCUT2D eigenvalue weighted by molar-refractivity contribution is 7.90. The van der Waals surface area contributed by atoms with Crippen molar-refractivity contribution in [1.29, 1.82) is 0 Å². The van der Waals surface area contributed by atoms with E-state index in [-0.39, 0.29) is 5.75 Å². The fourth-order valence-corrected chi connectivity index (χ4v) is 4.22. The Morgan fingerprint density at radius 2 is 1.52 bits per heavy atom. The fraction of sp³-hybridized carbons (Fsp3) is 0.158. The maximum atomic E-state index is 12.9. The number of sulfone groups is 1. The van der Waals surface area contributed by atoms with Gasteiger partial charge in [0, 0.05) is 28.4 Å². The summed E-state index contributed by atoms with van der Waals surface area (Å²) in [5.41, 5.74) is 0.956. The molecule has 0 amide bonds. The van der Waals surface area contributed by atoms with Crippen molar-refractivity contribution in [1.82, 2.24) is 9.55 Å². The number of halogens is 2. The molecule has 0 unspecified atom stereocenters. The Kier molecular flexibility index (Phi) is 5.69. The SMILES string of the molecule is CCn1cc(-c2ccc(Cl)cc2)nc(S(=O)(=O)Cc2ccc(Cl)cc2)c1=O. The van der Waals surface area contributed by atoms with E-state index in [0.717, 1.165) is 0 Å². The molecule has 1 aromatic heterocycles. The van der Waals surface area contributed by atoms with E-state index in [1.54, 1.807) is 61.7 Å². The van der Waals surface area contributed by atoms with Crippen LogP contribution in [0.15, 0.2) is 64.5 Å². The van der Waals surface area contributed by atoms with E-state index in [0.29, 0.717) is 33.4 Å². The molecule has 5 nitrogen and oxygen atoms in total. The molecule has 0 atom stereocenters. The second-order valence-electron chi connectivity index (χ2n) is 5.91. The van der Waals surface area contributed by atoms with Crippen molar-refractivity contribution in [2.45, 2.75) is 24.2 Å². The third-order valence-electron chi connectivity index (χ3n) is 3.99. The Bertz CT molecular complexity index is 1120. The van der Waals surface area contributed by atoms with Crippen LogP contribution in [0.5, 0.6) is 0 Å². The van der Waals surface area contributed by atoms with Gasteiger partial charge in [-0.1, -0.05) is 47.5 Å². The van der Waals surface area contributed by atoms with Crippen molar-refractivity contribution >= 4 is 33.0 Å². The summed E-state index contributed by atoms with van der Waals surface area (Å²) in [6, 6.07) is 13.3. The summed E-state index contributed by atoms with van der Waals surface area (Å²) in [5, 5.41) is 0.595. The molecule has 0 saturated heterocycles. The molecule has 0 N–H and O–H groups in total. The highest BCUT2D eigenvalue weighted by Gasteiger charge is 2.24. The lowest BCUT2D eigenvalue weighted by molar-refractivity contribution is 0.584. The first kappa shape index (κ1) is 19.6. The summed E-state index contributed by atoms with van der Waals surface area (Å²) in [4.78, 5) is 16.8. The summed E-state index contributed by atoms with van der Waals surface area (Å²) in [7, 11) is -3.94. The molecule has 0 bridgehead atoms. The zero-order valence-electron chi connectivity index (χ0n) is 14.4. The summed E-state index contributed by atoms with van der Waals surface area (Å²) >= 11 is 11.7. The standard InChI is InChI=1S/C19H16Cl2N2O3S/c1-2-23-11-17(14-5-9-16(21)10-6-14)22-18(19(23)24)27(25,26)12-13-3-7-15(20)8-4-13/h3-11H,2,12H2,1H3. The van der Waals surface area contributed by atoms with Crippen LogP contribution in [0.25, 0.3) is 11.3 Å². The molecule has 0 aliphatic heterocycles. The Labute approximate surface area is 167 Å². The first-order chi connectivity index (χ1) is 12.8. The van der Waals surface area contributed by atoms with Crippen molar-refractivity contribution in [3.63, 3.8) is 0 Å². The highest BCUT2D eigenvalue weighted by Crippen LogP contribution is 2.21. The van der Waals surface area contributed by atoms with Gasteiger partial charge in [-0.3, -0.25) is 4.79 Å². The van der Waals surface area contributed by atoms with Gasteiger partial charge in [-0.05, 0) is 36.8 Å². The third kappa shape index (κ3) is 4.40. The minimum Gasteiger partial charge on any atom is -0.311 e. The van der Waals surface area contributed by atoms with E-state index < -0.39 is 20.4 Å². The minimum absolute atomic E-state index is 0.325. The van der Waals surface area contributed by atoms with Gasteiger partial charge in [0.2, 0.25) is 14.9 Å². The maximum absolute atomic E-state index is 12.9. The van der Waals surface area contributed by atoms with Crippen molar-refractivity contribution in [2.75, 3.05) is 0 Å². The molecule has 3 rings (SSSR count). The van der Waals surface area contributed by atoms with Gasteiger partial charge < -0.3 is 4.57 Å². The Morgan fingerprint density at radius 1 is 0.963 bits per heavy atom. The molecular weight excluding hydrogens is 407 g/mol. The third-order valence-corrected chi connectivity index (χ3v) is 6.06. The minimum atomic E-state index is -3.94. The van der Waals surface area contributed by atoms with Crippen LogP contribution < -0.4 is 5.56 Å². The molecule has 8 heteroatoms. The highest BCUT2D eigenvalue weighted by atomic mass is 35.5. The molecule has 0 saturated carbocycles. The molecular formula is C19H16Cl2N2O3S. The number of aromatic nitrogens is 2. The zero-order valence-corrected chi connectivity index (χ0v) is 16.7. The molecule has 0 aliphatic rings. The second kappa shape index (κ2) is 7.84. The average molecular weight is 423 g/mol. The summed E-state index contributed by atoms with van der Waals surface area (Å²) in [6.07, 6.45) is 1.55. The summed E-state index contributed by atoms with van der Waals surface area (Å²) in [6.45, 7) is 2.09. The van der Waals surface area contributed by atoms with Crippen molar-refractivity contribution < 1.29 is 8.42 Å². The van der Waals surface area contributed by atoms with Crippen LogP contribution in [0.1, 0.15) is 12.5 Å². The zero-order chi connectivity index (χ0) is 19.6. The number of hydrogen-bond donors (Lipinski definition) is 0. The first-order valence-corrected chi connectivity index (χ1v) is 10.6. The molecule has 1 heterocycles. The quantitative estimate of drug-likeness (QED) is 0.617.